The van der Waals surface area contributed by atoms with Crippen molar-refractivity contribution >= 4 is 20.6 Å². The monoisotopic (exact) mass is 177 g/mol. The number of hydrogen-bond acceptors (Lipinski definition) is 3. The van der Waals surface area contributed by atoms with Gasteiger partial charge in [0.15, 0.2) is 0 Å². The summed E-state index contributed by atoms with van der Waals surface area (Å²) in [4.78, 5) is 0. The normalized spacial score (nSPS) is 13.8. The first-order valence-electron chi connectivity index (χ1n) is 1.48. The minimum absolute atomic E-state index is 1.75. The first-order chi connectivity index (χ1) is 3.81. The Labute approximate surface area is 52.5 Å². The minimum atomic E-state index is -5.42. The van der Waals surface area contributed by atoms with Gasteiger partial charge in [-0.25, -0.2) is 0 Å². The molecular formula is CF3O3SSi. The van der Waals surface area contributed by atoms with Crippen LogP contribution < -0.4 is 0 Å². The lowest BCUT2D eigenvalue weighted by molar-refractivity contribution is -0.0497. The quantitative estimate of drug-likeness (QED) is 0.416. The molecule has 0 aliphatic heterocycles. The van der Waals surface area contributed by atoms with Gasteiger partial charge in [0, 0.05) is 0 Å². The molecule has 3 radical (unpaired) electrons. The predicted octanol–water partition coefficient (Wildman–Crippen LogP) is -0.0639. The molecule has 0 unspecified atom stereocenters. The fraction of sp³-hybridized carbons (Fsp3) is 1.00. The van der Waals surface area contributed by atoms with E-state index < -0.39 is 15.6 Å². The van der Waals surface area contributed by atoms with Crippen LogP contribution in [0, 0.1) is 0 Å². The third-order valence-corrected chi connectivity index (χ3v) is 1.84. The Morgan fingerprint density at radius 2 is 1.67 bits per heavy atom. The molecule has 0 heterocycles. The van der Waals surface area contributed by atoms with Crippen LogP contribution in [-0.4, -0.2) is 24.4 Å². The third kappa shape index (κ3) is 1.95. The Morgan fingerprint density at radius 1 is 1.33 bits per heavy atom. The van der Waals surface area contributed by atoms with Crippen LogP contribution in [0.25, 0.3) is 0 Å². The van der Waals surface area contributed by atoms with E-state index in [2.05, 4.69) is 3.87 Å². The third-order valence-electron chi connectivity index (χ3n) is 0.393. The largest absolute Gasteiger partial charge is 0.522 e. The smallest absolute Gasteiger partial charge is 0.310 e. The molecule has 0 aromatic heterocycles. The summed E-state index contributed by atoms with van der Waals surface area (Å²) in [5.74, 6) is 0. The van der Waals surface area contributed by atoms with E-state index in [1.165, 1.54) is 0 Å². The van der Waals surface area contributed by atoms with Gasteiger partial charge in [-0.1, -0.05) is 0 Å². The van der Waals surface area contributed by atoms with E-state index >= 15 is 0 Å². The molecule has 8 heteroatoms. The van der Waals surface area contributed by atoms with Crippen molar-refractivity contribution in [2.45, 2.75) is 5.51 Å². The van der Waals surface area contributed by atoms with Crippen molar-refractivity contribution in [3.05, 3.63) is 0 Å². The maximum Gasteiger partial charge on any atom is 0.522 e. The molecule has 0 aliphatic carbocycles. The van der Waals surface area contributed by atoms with Crippen LogP contribution in [0.2, 0.25) is 0 Å². The highest BCUT2D eigenvalue weighted by atomic mass is 32.2. The van der Waals surface area contributed by atoms with E-state index in [0.717, 1.165) is 0 Å². The first-order valence-corrected chi connectivity index (χ1v) is 3.29. The molecule has 0 rings (SSSR count). The summed E-state index contributed by atoms with van der Waals surface area (Å²) < 4.78 is 55.5. The van der Waals surface area contributed by atoms with Crippen LogP contribution in [0.1, 0.15) is 0 Å². The Kier molecular flexibility index (Phi) is 2.25. The van der Waals surface area contributed by atoms with Gasteiger partial charge in [-0.15, -0.1) is 0 Å². The Morgan fingerprint density at radius 3 is 1.67 bits per heavy atom. The van der Waals surface area contributed by atoms with Gasteiger partial charge in [-0.3, -0.25) is 0 Å². The van der Waals surface area contributed by atoms with Crippen LogP contribution in [0.15, 0.2) is 0 Å². The number of alkyl halides is 3. The molecule has 0 amide bonds. The highest BCUT2D eigenvalue weighted by molar-refractivity contribution is 7.88. The Balaban J connectivity index is 4.57. The molecule has 0 N–H and O–H groups in total. The van der Waals surface area contributed by atoms with Gasteiger partial charge in [-0.05, 0) is 0 Å². The lowest BCUT2D eigenvalue weighted by Crippen LogP contribution is -2.24. The van der Waals surface area contributed by atoms with Crippen molar-refractivity contribution in [1.82, 2.24) is 0 Å². The summed E-state index contributed by atoms with van der Waals surface area (Å²) in [6.45, 7) is 0. The highest BCUT2D eigenvalue weighted by Crippen LogP contribution is 2.23. The van der Waals surface area contributed by atoms with Crippen LogP contribution in [0.4, 0.5) is 13.2 Å². The Hall–Kier alpha value is -0.0831. The van der Waals surface area contributed by atoms with Crippen molar-refractivity contribution in [2.24, 2.45) is 0 Å². The zero-order valence-corrected chi connectivity index (χ0v) is 5.58. The van der Waals surface area contributed by atoms with Crippen molar-refractivity contribution in [3.63, 3.8) is 0 Å². The molecule has 3 nitrogen and oxygen atoms in total. The molecule has 53 valence electrons. The van der Waals surface area contributed by atoms with Crippen molar-refractivity contribution in [1.29, 1.82) is 0 Å². The number of halogens is 3. The number of rotatable bonds is 1. The van der Waals surface area contributed by atoms with Gasteiger partial charge in [-0.2, -0.15) is 21.6 Å². The molecule has 0 aliphatic rings. The maximum absolute atomic E-state index is 11.1. The van der Waals surface area contributed by atoms with Gasteiger partial charge >= 0.3 is 15.6 Å². The van der Waals surface area contributed by atoms with Crippen molar-refractivity contribution < 1.29 is 25.5 Å². The van der Waals surface area contributed by atoms with E-state index in [9.17, 15) is 21.6 Å². The molecular weight excluding hydrogens is 177 g/mol. The van der Waals surface area contributed by atoms with E-state index in [4.69, 9.17) is 0 Å². The second-order valence-electron chi connectivity index (χ2n) is 0.983. The Bertz CT molecular complexity index is 180. The molecule has 0 aromatic rings. The summed E-state index contributed by atoms with van der Waals surface area (Å²) in [7, 11) is -3.68. The minimum Gasteiger partial charge on any atom is -0.310 e. The molecule has 0 saturated heterocycles. The standard InChI is InChI=1S/CF3O3SSi/c2-1(3,4)8(5,6)7-9. The van der Waals surface area contributed by atoms with E-state index in [-0.39, 0.29) is 0 Å². The number of hydrogen-bond donors (Lipinski definition) is 0. The molecule has 0 saturated carbocycles. The second kappa shape index (κ2) is 2.27. The zero-order valence-electron chi connectivity index (χ0n) is 3.77. The van der Waals surface area contributed by atoms with Gasteiger partial charge < -0.3 is 3.87 Å². The molecule has 0 fully saturated rings. The fourth-order valence-electron chi connectivity index (χ4n) is 0.0472. The summed E-state index contributed by atoms with van der Waals surface area (Å²) in [6, 6.07) is 0. The van der Waals surface area contributed by atoms with Gasteiger partial charge in [0.1, 0.15) is 0 Å². The second-order valence-corrected chi connectivity index (χ2v) is 3.02. The van der Waals surface area contributed by atoms with Crippen LogP contribution >= 0.6 is 0 Å². The van der Waals surface area contributed by atoms with Crippen LogP contribution in [0.5, 0.6) is 0 Å². The van der Waals surface area contributed by atoms with Gasteiger partial charge in [0.2, 0.25) is 0 Å². The molecule has 0 bridgehead atoms. The highest BCUT2D eigenvalue weighted by Gasteiger charge is 2.46. The summed E-state index contributed by atoms with van der Waals surface area (Å²) in [5, 5.41) is 0. The van der Waals surface area contributed by atoms with Crippen molar-refractivity contribution in [3.8, 4) is 0 Å². The summed E-state index contributed by atoms with van der Waals surface area (Å²) >= 11 is 0. The molecule has 0 spiro atoms. The lowest BCUT2D eigenvalue weighted by atomic mass is 11.6. The van der Waals surface area contributed by atoms with Crippen molar-refractivity contribution in [2.75, 3.05) is 0 Å². The van der Waals surface area contributed by atoms with Gasteiger partial charge in [0.05, 0.1) is 0 Å². The average Bonchev–Trinajstić information content (AvgIpc) is 1.64. The zero-order chi connectivity index (χ0) is 7.71. The van der Waals surface area contributed by atoms with E-state index in [1.807, 2.05) is 0 Å². The van der Waals surface area contributed by atoms with Crippen LogP contribution in [0.3, 0.4) is 0 Å². The molecule has 0 atom stereocenters. The molecule has 0 aromatic carbocycles. The summed E-state index contributed by atoms with van der Waals surface area (Å²) in [5.41, 5.74) is -5.35. The predicted molar refractivity (Wildman–Crippen MR) is 21.8 cm³/mol. The van der Waals surface area contributed by atoms with E-state index in [0.29, 0.717) is 0 Å². The van der Waals surface area contributed by atoms with E-state index in [1.54, 1.807) is 10.5 Å². The van der Waals surface area contributed by atoms with Gasteiger partial charge in [0.25, 0.3) is 10.5 Å². The average molecular weight is 177 g/mol. The fourth-order valence-corrected chi connectivity index (χ4v) is 0.425. The lowest BCUT2D eigenvalue weighted by Gasteiger charge is -2.02. The van der Waals surface area contributed by atoms with Crippen LogP contribution in [-0.2, 0) is 14.0 Å². The maximum atomic E-state index is 11.1. The summed E-state index contributed by atoms with van der Waals surface area (Å²) in [6.07, 6.45) is 0. The topological polar surface area (TPSA) is 43.4 Å². The first kappa shape index (κ1) is 8.92. The molecule has 9 heavy (non-hydrogen) atoms. The SMILES string of the molecule is O=S(=O)(O[Si])C(F)(F)F.